The van der Waals surface area contributed by atoms with Crippen molar-refractivity contribution < 1.29 is 13.7 Å². The van der Waals surface area contributed by atoms with Crippen LogP contribution in [0.3, 0.4) is 0 Å². The van der Waals surface area contributed by atoms with Crippen LogP contribution in [-0.2, 0) is 10.3 Å². The molecule has 121 valence electrons. The second-order valence-electron chi connectivity index (χ2n) is 5.33. The number of aromatic nitrogens is 1. The van der Waals surface area contributed by atoms with E-state index >= 15 is 0 Å². The van der Waals surface area contributed by atoms with Crippen LogP contribution in [0.1, 0.15) is 16.9 Å². The van der Waals surface area contributed by atoms with Crippen LogP contribution < -0.4 is 5.73 Å². The second-order valence-corrected chi connectivity index (χ2v) is 5.74. The van der Waals surface area contributed by atoms with Crippen molar-refractivity contribution >= 4 is 17.9 Å². The van der Waals surface area contributed by atoms with Crippen molar-refractivity contribution in [1.29, 1.82) is 0 Å². The maximum atomic E-state index is 14.3. The summed E-state index contributed by atoms with van der Waals surface area (Å²) in [5, 5.41) is 4.05. The number of hydrogen-bond donors (Lipinski definition) is 1. The zero-order chi connectivity index (χ0) is 17.3. The molecule has 3 rings (SSSR count). The van der Waals surface area contributed by atoms with Crippen LogP contribution in [0.4, 0.5) is 4.39 Å². The largest absolute Gasteiger partial charge is 0.361 e. The van der Waals surface area contributed by atoms with Crippen LogP contribution in [0.2, 0.25) is 5.02 Å². The molecule has 1 heterocycles. The number of aldehydes is 1. The molecule has 6 heteroatoms. The third-order valence-electron chi connectivity index (χ3n) is 3.86. The lowest BCUT2D eigenvalue weighted by Crippen LogP contribution is -2.40. The van der Waals surface area contributed by atoms with Gasteiger partial charge >= 0.3 is 0 Å². The van der Waals surface area contributed by atoms with Crippen LogP contribution in [0, 0.1) is 18.8 Å². The summed E-state index contributed by atoms with van der Waals surface area (Å²) in [7, 11) is 0. The van der Waals surface area contributed by atoms with Gasteiger partial charge in [0.15, 0.2) is 0 Å². The van der Waals surface area contributed by atoms with Crippen molar-refractivity contribution in [1.82, 2.24) is 5.16 Å². The van der Waals surface area contributed by atoms with Crippen LogP contribution >= 0.6 is 11.6 Å². The van der Waals surface area contributed by atoms with E-state index in [-0.39, 0.29) is 21.8 Å². The molecule has 0 saturated heterocycles. The number of rotatable bonds is 4. The molecule has 2 aromatic carbocycles. The first-order valence-corrected chi connectivity index (χ1v) is 7.49. The van der Waals surface area contributed by atoms with Crippen LogP contribution in [0.15, 0.2) is 47.0 Å². The average molecular weight is 344 g/mol. The Morgan fingerprint density at radius 1 is 1.33 bits per heavy atom. The monoisotopic (exact) mass is 343 g/mol. The molecule has 4 nitrogen and oxygen atoms in total. The maximum Gasteiger partial charge on any atom is 0.149 e. The van der Waals surface area contributed by atoms with Gasteiger partial charge in [-0.3, -0.25) is 0 Å². The van der Waals surface area contributed by atoms with E-state index < -0.39 is 11.4 Å². The summed E-state index contributed by atoms with van der Waals surface area (Å²) in [4.78, 5) is 11.9. The molecule has 0 bridgehead atoms. The molecular weight excluding hydrogens is 331 g/mol. The predicted molar refractivity (Wildman–Crippen MR) is 88.0 cm³/mol. The molecule has 2 N–H and O–H groups in total. The van der Waals surface area contributed by atoms with Crippen molar-refractivity contribution in [2.75, 3.05) is 0 Å². The fraction of sp³-hybridized carbons (Fsp3) is 0.111. The molecule has 0 amide bonds. The number of nitrogens with two attached hydrogens (primary N) is 1. The number of aryl methyl sites for hydroxylation is 1. The predicted octanol–water partition coefficient (Wildman–Crippen LogP) is 3.64. The van der Waals surface area contributed by atoms with Gasteiger partial charge in [0.2, 0.25) is 0 Å². The summed E-state index contributed by atoms with van der Waals surface area (Å²) in [6.07, 6.45) is 0.583. The van der Waals surface area contributed by atoms with E-state index in [2.05, 4.69) is 11.2 Å². The van der Waals surface area contributed by atoms with Crippen molar-refractivity contribution in [2.45, 2.75) is 12.5 Å². The van der Waals surface area contributed by atoms with Gasteiger partial charge in [0.1, 0.15) is 29.1 Å². The van der Waals surface area contributed by atoms with E-state index in [4.69, 9.17) is 21.9 Å². The molecule has 1 aromatic heterocycles. The first-order chi connectivity index (χ1) is 11.5. The molecule has 0 spiro atoms. The Labute approximate surface area is 143 Å². The third kappa shape index (κ3) is 2.52. The number of carbonyl (C=O) groups excluding carboxylic acids is 1. The van der Waals surface area contributed by atoms with Gasteiger partial charge in [-0.1, -0.05) is 47.1 Å². The van der Waals surface area contributed by atoms with Crippen LogP contribution in [0.25, 0.3) is 11.3 Å². The Kier molecular flexibility index (Phi) is 4.22. The minimum absolute atomic E-state index is 0.0465. The van der Waals surface area contributed by atoms with E-state index in [0.29, 0.717) is 17.6 Å². The molecule has 0 aliphatic heterocycles. The molecule has 0 aliphatic rings. The van der Waals surface area contributed by atoms with Gasteiger partial charge in [0, 0.05) is 0 Å². The summed E-state index contributed by atoms with van der Waals surface area (Å²) < 4.78 is 19.5. The summed E-state index contributed by atoms with van der Waals surface area (Å²) in [6.45, 7) is 1.61. The maximum absolute atomic E-state index is 14.3. The molecule has 1 atom stereocenters. The first-order valence-electron chi connectivity index (χ1n) is 7.12. The lowest BCUT2D eigenvalue weighted by atomic mass is 9.82. The van der Waals surface area contributed by atoms with Crippen LogP contribution in [-0.4, -0.2) is 11.4 Å². The topological polar surface area (TPSA) is 69.1 Å². The standard InChI is InChI=1S/C18H13ClFN2O2/c1-11-16(18(21,10-23)12-6-3-2-4-7-12)17(22-24-11)15-13(19)8-5-9-14(15)20/h3-10H,21H2,1H3. The van der Waals surface area contributed by atoms with Gasteiger partial charge in [-0.25, -0.2) is 4.39 Å². The van der Waals surface area contributed by atoms with Gasteiger partial charge < -0.3 is 15.1 Å². The SMILES string of the molecule is Cc1onc(-c2c(F)cccc2Cl)c1C(N)(C=O)c1cc[c]cc1. The molecule has 24 heavy (non-hydrogen) atoms. The summed E-state index contributed by atoms with van der Waals surface area (Å²) >= 11 is 6.13. The molecule has 0 aliphatic carbocycles. The Bertz CT molecular complexity index is 875. The summed E-state index contributed by atoms with van der Waals surface area (Å²) in [6, 6.07) is 13.7. The number of hydrogen-bond acceptors (Lipinski definition) is 4. The van der Waals surface area contributed by atoms with Gasteiger partial charge in [0.25, 0.3) is 0 Å². The molecule has 3 aromatic rings. The highest BCUT2D eigenvalue weighted by Crippen LogP contribution is 2.39. The normalized spacial score (nSPS) is 13.5. The van der Waals surface area contributed by atoms with Crippen molar-refractivity contribution in [2.24, 2.45) is 5.73 Å². The highest BCUT2D eigenvalue weighted by atomic mass is 35.5. The van der Waals surface area contributed by atoms with Gasteiger partial charge in [0.05, 0.1) is 16.1 Å². The van der Waals surface area contributed by atoms with Gasteiger partial charge in [-0.05, 0) is 30.7 Å². The summed E-state index contributed by atoms with van der Waals surface area (Å²) in [5.41, 5.74) is 5.76. The minimum Gasteiger partial charge on any atom is -0.361 e. The molecule has 1 unspecified atom stereocenters. The Balaban J connectivity index is 2.30. The quantitative estimate of drug-likeness (QED) is 0.734. The van der Waals surface area contributed by atoms with Crippen molar-refractivity contribution in [3.05, 3.63) is 76.3 Å². The van der Waals surface area contributed by atoms with E-state index in [1.165, 1.54) is 18.2 Å². The van der Waals surface area contributed by atoms with Crippen LogP contribution in [0.5, 0.6) is 0 Å². The highest BCUT2D eigenvalue weighted by Gasteiger charge is 2.37. The second kappa shape index (κ2) is 6.19. The van der Waals surface area contributed by atoms with E-state index in [1.54, 1.807) is 31.2 Å². The molecule has 0 fully saturated rings. The molecule has 1 radical (unpaired) electrons. The van der Waals surface area contributed by atoms with Crippen molar-refractivity contribution in [3.63, 3.8) is 0 Å². The van der Waals surface area contributed by atoms with E-state index in [1.807, 2.05) is 0 Å². The minimum atomic E-state index is -1.56. The Morgan fingerprint density at radius 2 is 2.04 bits per heavy atom. The fourth-order valence-corrected chi connectivity index (χ4v) is 2.94. The smallest absolute Gasteiger partial charge is 0.149 e. The van der Waals surface area contributed by atoms with Crippen molar-refractivity contribution in [3.8, 4) is 11.3 Å². The lowest BCUT2D eigenvalue weighted by Gasteiger charge is -2.24. The molecular formula is C18H13ClFN2O2. The Hall–Kier alpha value is -2.50. The number of benzene rings is 2. The zero-order valence-electron chi connectivity index (χ0n) is 12.7. The van der Waals surface area contributed by atoms with E-state index in [9.17, 15) is 9.18 Å². The average Bonchev–Trinajstić information content (AvgIpc) is 2.97. The number of carbonyl (C=O) groups is 1. The number of halogens is 2. The highest BCUT2D eigenvalue weighted by molar-refractivity contribution is 6.33. The fourth-order valence-electron chi connectivity index (χ4n) is 2.69. The first kappa shape index (κ1) is 16.4. The lowest BCUT2D eigenvalue weighted by molar-refractivity contribution is -0.111. The van der Waals surface area contributed by atoms with Gasteiger partial charge in [-0.15, -0.1) is 0 Å². The Morgan fingerprint density at radius 3 is 2.67 bits per heavy atom. The molecule has 0 saturated carbocycles. The van der Waals surface area contributed by atoms with E-state index in [0.717, 1.165) is 0 Å². The number of nitrogens with zero attached hydrogens (tertiary/aromatic N) is 1. The van der Waals surface area contributed by atoms with Gasteiger partial charge in [-0.2, -0.15) is 0 Å². The summed E-state index contributed by atoms with van der Waals surface area (Å²) in [5.74, 6) is -0.265. The zero-order valence-corrected chi connectivity index (χ0v) is 13.5. The third-order valence-corrected chi connectivity index (χ3v) is 4.17.